The van der Waals surface area contributed by atoms with E-state index >= 15 is 0 Å². The smallest absolute Gasteiger partial charge is 0.412 e. The summed E-state index contributed by atoms with van der Waals surface area (Å²) in [5, 5.41) is 7.44. The lowest BCUT2D eigenvalue weighted by Crippen LogP contribution is -2.55. The van der Waals surface area contributed by atoms with Crippen LogP contribution in [0.5, 0.6) is 0 Å². The highest BCUT2D eigenvalue weighted by Crippen LogP contribution is 2.73. The van der Waals surface area contributed by atoms with Crippen molar-refractivity contribution in [1.82, 2.24) is 15.5 Å². The number of fused-ring (bicyclic) bond motifs is 2. The van der Waals surface area contributed by atoms with Crippen LogP contribution < -0.4 is 20.9 Å². The van der Waals surface area contributed by atoms with Crippen LogP contribution in [0.25, 0.3) is 0 Å². The molecule has 1 aromatic rings. The van der Waals surface area contributed by atoms with Crippen molar-refractivity contribution in [3.63, 3.8) is 0 Å². The van der Waals surface area contributed by atoms with Crippen LogP contribution in [0.15, 0.2) is 36.4 Å². The number of hydrogen-bond donors (Lipinski definition) is 3. The highest BCUT2D eigenvalue weighted by atomic mass is 31.2. The van der Waals surface area contributed by atoms with E-state index < -0.39 is 55.1 Å². The van der Waals surface area contributed by atoms with Crippen molar-refractivity contribution in [2.45, 2.75) is 133 Å². The Kier molecular flexibility index (Phi) is 13.6. The maximum atomic E-state index is 14.5. The molecule has 54 heavy (non-hydrogen) atoms. The molecule has 2 saturated heterocycles. The summed E-state index contributed by atoms with van der Waals surface area (Å²) in [6.45, 7) is 5.41. The fourth-order valence-corrected chi connectivity index (χ4v) is 10.8. The molecule has 3 aliphatic heterocycles. The fraction of sp³-hybridized carbons (Fsp3) is 0.692. The van der Waals surface area contributed by atoms with E-state index in [-0.39, 0.29) is 38.2 Å². The summed E-state index contributed by atoms with van der Waals surface area (Å²) < 4.78 is 37.5. The minimum atomic E-state index is -3.85. The number of carbonyl (C=O) groups excluding carboxylic acids is 4. The first-order chi connectivity index (χ1) is 26.2. The van der Waals surface area contributed by atoms with E-state index in [4.69, 9.17) is 18.5 Å². The first-order valence-electron chi connectivity index (χ1n) is 20.1. The zero-order valence-electron chi connectivity index (χ0n) is 31.8. The Balaban J connectivity index is 1.25. The maximum Gasteiger partial charge on any atom is 0.412 e. The Morgan fingerprint density at radius 3 is 2.31 bits per heavy atom. The third-order valence-electron chi connectivity index (χ3n) is 11.3. The maximum absolute atomic E-state index is 14.5. The number of para-hydroxylation sites is 2. The number of amides is 4. The van der Waals surface area contributed by atoms with Crippen LogP contribution in [0, 0.1) is 5.92 Å². The van der Waals surface area contributed by atoms with Gasteiger partial charge in [0.05, 0.1) is 31.1 Å². The molecule has 0 radical (unpaired) electrons. The van der Waals surface area contributed by atoms with Crippen LogP contribution in [0.4, 0.5) is 21.0 Å². The van der Waals surface area contributed by atoms with Gasteiger partial charge in [-0.2, -0.15) is 0 Å². The number of allylic oxidation sites excluding steroid dienone is 1. The van der Waals surface area contributed by atoms with Gasteiger partial charge in [0, 0.05) is 25.4 Å². The number of ether oxygens (including phenoxy) is 2. The summed E-state index contributed by atoms with van der Waals surface area (Å²) in [6.07, 6.45) is 12.3. The van der Waals surface area contributed by atoms with Crippen LogP contribution in [0.3, 0.4) is 0 Å². The van der Waals surface area contributed by atoms with Gasteiger partial charge in [-0.1, -0.05) is 37.1 Å². The van der Waals surface area contributed by atoms with E-state index in [0.717, 1.165) is 76.6 Å². The predicted molar refractivity (Wildman–Crippen MR) is 204 cm³/mol. The molecular formula is C39H58N5O9P. The second-order valence-corrected chi connectivity index (χ2v) is 17.4. The quantitative estimate of drug-likeness (QED) is 0.169. The van der Waals surface area contributed by atoms with Gasteiger partial charge in [0.25, 0.3) is 0 Å². The third-order valence-corrected chi connectivity index (χ3v) is 14.1. The van der Waals surface area contributed by atoms with E-state index in [0.29, 0.717) is 24.9 Å². The zero-order chi connectivity index (χ0) is 38.1. The first kappa shape index (κ1) is 40.1. The number of piperidine rings is 1. The summed E-state index contributed by atoms with van der Waals surface area (Å²) in [5.74, 6) is -1.31. The topological polar surface area (TPSA) is 165 Å². The molecule has 0 aromatic heterocycles. The highest BCUT2D eigenvalue weighted by molar-refractivity contribution is 7.56. The van der Waals surface area contributed by atoms with Gasteiger partial charge in [0.15, 0.2) is 0 Å². The van der Waals surface area contributed by atoms with Gasteiger partial charge < -0.3 is 39.0 Å². The predicted octanol–water partition coefficient (Wildman–Crippen LogP) is 6.85. The van der Waals surface area contributed by atoms with Gasteiger partial charge in [0.2, 0.25) is 11.8 Å². The molecule has 5 atom stereocenters. The number of carbonyl (C=O) groups is 4. The molecule has 6 rings (SSSR count). The van der Waals surface area contributed by atoms with Crippen molar-refractivity contribution in [3.05, 3.63) is 36.4 Å². The second kappa shape index (κ2) is 18.3. The monoisotopic (exact) mass is 771 g/mol. The van der Waals surface area contributed by atoms with E-state index in [9.17, 15) is 23.7 Å². The lowest BCUT2D eigenvalue weighted by Gasteiger charge is -2.32. The standard InChI is InChI=1S/C39H58N5O9P/c1-3-50-54(49,51-4-2)39-26-28(39)17-9-6-5-7-10-21-32(41-38(48)52-29-18-11-12-19-29)36(46)44-27-30(25-34(44)35(45)42-39)53-37(47)40-31-20-13-14-22-33(31)43-23-15-8-16-24-43/h9,13-14,17,20,22,28-30,32,34H,3-8,10-12,15-16,18-19,21,23-27H2,1-2H3,(H,40,47)(H,41,48)(H,42,45)/b17-9-/t28-,30-,32+,34+,39+/m1/s1. The van der Waals surface area contributed by atoms with Gasteiger partial charge >= 0.3 is 19.8 Å². The van der Waals surface area contributed by atoms with Crippen LogP contribution in [0.1, 0.15) is 104 Å². The van der Waals surface area contributed by atoms with Gasteiger partial charge in [-0.15, -0.1) is 0 Å². The Labute approximate surface area is 318 Å². The minimum absolute atomic E-state index is 0.00215. The van der Waals surface area contributed by atoms with Crippen LogP contribution in [-0.2, 0) is 32.7 Å². The van der Waals surface area contributed by atoms with Crippen molar-refractivity contribution >= 4 is 43.0 Å². The fourth-order valence-electron chi connectivity index (χ4n) is 8.43. The number of rotatable bonds is 10. The van der Waals surface area contributed by atoms with Crippen molar-refractivity contribution in [2.24, 2.45) is 5.92 Å². The van der Waals surface area contributed by atoms with E-state index in [1.54, 1.807) is 13.8 Å². The molecule has 2 aliphatic carbocycles. The lowest BCUT2D eigenvalue weighted by atomic mass is 10.0. The number of hydrogen-bond acceptors (Lipinski definition) is 10. The largest absolute Gasteiger partial charge is 0.446 e. The molecule has 4 fully saturated rings. The van der Waals surface area contributed by atoms with Gasteiger partial charge in [-0.3, -0.25) is 19.5 Å². The number of anilines is 2. The van der Waals surface area contributed by atoms with Crippen molar-refractivity contribution in [3.8, 4) is 0 Å². The Hall–Kier alpha value is -3.61. The Morgan fingerprint density at radius 1 is 0.889 bits per heavy atom. The van der Waals surface area contributed by atoms with E-state index in [1.165, 1.54) is 11.3 Å². The third kappa shape index (κ3) is 9.42. The number of alkyl carbamates (subject to hydrolysis) is 1. The molecule has 1 aromatic carbocycles. The number of benzene rings is 1. The average molecular weight is 772 g/mol. The molecule has 3 N–H and O–H groups in total. The zero-order valence-corrected chi connectivity index (χ0v) is 32.7. The lowest BCUT2D eigenvalue weighted by molar-refractivity contribution is -0.140. The normalized spacial score (nSPS) is 28.9. The first-order valence-corrected chi connectivity index (χ1v) is 21.7. The summed E-state index contributed by atoms with van der Waals surface area (Å²) in [5.41, 5.74) is 1.53. The van der Waals surface area contributed by atoms with Crippen molar-refractivity contribution < 1.29 is 42.3 Å². The molecule has 5 aliphatic rings. The highest BCUT2D eigenvalue weighted by Gasteiger charge is 2.68. The minimum Gasteiger partial charge on any atom is -0.446 e. The molecule has 14 nitrogen and oxygen atoms in total. The molecule has 4 amide bonds. The molecule has 298 valence electrons. The summed E-state index contributed by atoms with van der Waals surface area (Å²) in [6, 6.07) is 5.54. The van der Waals surface area contributed by atoms with Gasteiger partial charge in [0.1, 0.15) is 29.6 Å². The van der Waals surface area contributed by atoms with Crippen molar-refractivity contribution in [1.29, 1.82) is 0 Å². The van der Waals surface area contributed by atoms with E-state index in [1.807, 2.05) is 36.4 Å². The molecule has 15 heteroatoms. The molecule has 0 spiro atoms. The molecule has 0 bridgehead atoms. The average Bonchev–Trinajstić information content (AvgIpc) is 3.43. The molecular weight excluding hydrogens is 713 g/mol. The summed E-state index contributed by atoms with van der Waals surface area (Å²) in [4.78, 5) is 59.2. The molecule has 2 saturated carbocycles. The SMILES string of the molecule is CCOP(=O)(OCC)[C@@]12C[C@H]1/C=C\CCCCC[C@H](NC(=O)OC1CCCC1)C(=O)N1C[C@H](OC(=O)Nc3ccccc3N3CCCCC3)C[C@H]1C(=O)N2. The number of nitrogens with zero attached hydrogens (tertiary/aromatic N) is 2. The van der Waals surface area contributed by atoms with Crippen LogP contribution in [-0.4, -0.2) is 91.3 Å². The Bertz CT molecular complexity index is 1550. The summed E-state index contributed by atoms with van der Waals surface area (Å²) in [7, 11) is -3.85. The Morgan fingerprint density at radius 2 is 1.57 bits per heavy atom. The molecule has 3 heterocycles. The van der Waals surface area contributed by atoms with Gasteiger partial charge in [-0.05, 0) is 96.6 Å². The van der Waals surface area contributed by atoms with Crippen LogP contribution >= 0.6 is 7.60 Å². The van der Waals surface area contributed by atoms with Gasteiger partial charge in [-0.25, -0.2) is 9.59 Å². The van der Waals surface area contributed by atoms with Crippen LogP contribution in [0.2, 0.25) is 0 Å². The molecule has 0 unspecified atom stereocenters. The van der Waals surface area contributed by atoms with Crippen molar-refractivity contribution in [2.75, 3.05) is 43.1 Å². The second-order valence-electron chi connectivity index (χ2n) is 15.1. The van der Waals surface area contributed by atoms with E-state index in [2.05, 4.69) is 20.9 Å². The summed E-state index contributed by atoms with van der Waals surface area (Å²) >= 11 is 0. The number of nitrogens with one attached hydrogen (secondary N) is 3.